The van der Waals surface area contributed by atoms with E-state index in [0.717, 1.165) is 6.07 Å². The average Bonchev–Trinajstić information content (AvgIpc) is 2.14. The Morgan fingerprint density at radius 2 is 2.00 bits per heavy atom. The molecule has 0 aromatic heterocycles. The maximum Gasteiger partial charge on any atom is 0.573 e. The van der Waals surface area contributed by atoms with Crippen LogP contribution in [0.2, 0.25) is 0 Å². The van der Waals surface area contributed by atoms with Gasteiger partial charge in [0, 0.05) is 0 Å². The van der Waals surface area contributed by atoms with Crippen LogP contribution in [0.1, 0.15) is 11.6 Å². The van der Waals surface area contributed by atoms with E-state index in [9.17, 15) is 13.2 Å². The minimum Gasteiger partial charge on any atom is -0.406 e. The van der Waals surface area contributed by atoms with Gasteiger partial charge in [0.1, 0.15) is 5.75 Å². The highest BCUT2D eigenvalue weighted by Gasteiger charge is 2.31. The van der Waals surface area contributed by atoms with Crippen molar-refractivity contribution in [3.8, 4) is 5.75 Å². The third-order valence-corrected chi connectivity index (χ3v) is 1.72. The predicted molar refractivity (Wildman–Crippen MR) is 54.4 cm³/mol. The average molecular weight is 258 g/mol. The Bertz CT molecular complexity index is 333. The molecule has 0 saturated carbocycles. The number of ether oxygens (including phenoxy) is 1. The van der Waals surface area contributed by atoms with Gasteiger partial charge in [0.25, 0.3) is 0 Å². The van der Waals surface area contributed by atoms with Crippen molar-refractivity contribution in [3.63, 3.8) is 0 Å². The number of nitrogens with two attached hydrogens (primary N) is 1. The summed E-state index contributed by atoms with van der Waals surface area (Å²) in [4.78, 5) is 0. The molecule has 16 heavy (non-hydrogen) atoms. The molecule has 92 valence electrons. The van der Waals surface area contributed by atoms with E-state index in [1.54, 1.807) is 0 Å². The number of aliphatic hydroxyl groups is 1. The van der Waals surface area contributed by atoms with Gasteiger partial charge < -0.3 is 15.6 Å². The molecule has 0 unspecified atom stereocenters. The summed E-state index contributed by atoms with van der Waals surface area (Å²) in [6.07, 6.45) is -4.72. The van der Waals surface area contributed by atoms with Crippen LogP contribution in [-0.2, 0) is 0 Å². The normalized spacial score (nSPS) is 12.8. The molecule has 0 amide bonds. The van der Waals surface area contributed by atoms with E-state index in [-0.39, 0.29) is 24.8 Å². The minimum absolute atomic E-state index is 0. The van der Waals surface area contributed by atoms with Crippen molar-refractivity contribution in [3.05, 3.63) is 29.8 Å². The van der Waals surface area contributed by atoms with E-state index >= 15 is 0 Å². The molecular formula is C9H11ClF3NO2. The van der Waals surface area contributed by atoms with E-state index in [1.807, 2.05) is 0 Å². The van der Waals surface area contributed by atoms with Gasteiger partial charge >= 0.3 is 6.36 Å². The highest BCUT2D eigenvalue weighted by molar-refractivity contribution is 5.85. The first-order valence-corrected chi connectivity index (χ1v) is 4.14. The fourth-order valence-electron chi connectivity index (χ4n) is 1.05. The third kappa shape index (κ3) is 4.69. The second-order valence-corrected chi connectivity index (χ2v) is 2.91. The summed E-state index contributed by atoms with van der Waals surface area (Å²) in [5.41, 5.74) is 5.83. The lowest BCUT2D eigenvalue weighted by Crippen LogP contribution is -2.18. The fraction of sp³-hybridized carbons (Fsp3) is 0.333. The van der Waals surface area contributed by atoms with Gasteiger partial charge in [-0.3, -0.25) is 0 Å². The molecule has 0 aliphatic carbocycles. The van der Waals surface area contributed by atoms with Crippen LogP contribution in [-0.4, -0.2) is 18.1 Å². The maximum absolute atomic E-state index is 11.9. The Morgan fingerprint density at radius 1 is 1.38 bits per heavy atom. The summed E-state index contributed by atoms with van der Waals surface area (Å²) < 4.78 is 39.3. The number of benzene rings is 1. The van der Waals surface area contributed by atoms with E-state index in [2.05, 4.69) is 4.74 Å². The third-order valence-electron chi connectivity index (χ3n) is 1.72. The van der Waals surface area contributed by atoms with E-state index in [1.165, 1.54) is 18.2 Å². The SMILES string of the molecule is Cl.N[C@H](CO)c1cccc(OC(F)(F)F)c1. The van der Waals surface area contributed by atoms with Crippen LogP contribution in [0.25, 0.3) is 0 Å². The number of halogens is 4. The first kappa shape index (κ1) is 15.0. The second kappa shape index (κ2) is 5.93. The Balaban J connectivity index is 0.00000225. The zero-order valence-corrected chi connectivity index (χ0v) is 8.89. The second-order valence-electron chi connectivity index (χ2n) is 2.91. The standard InChI is InChI=1S/C9H10F3NO2.ClH/c10-9(11,12)15-7-3-1-2-6(4-7)8(13)5-14;/h1-4,8,14H,5,13H2;1H/t8-;/m1./s1. The number of rotatable bonds is 3. The van der Waals surface area contributed by atoms with Gasteiger partial charge in [-0.15, -0.1) is 25.6 Å². The molecule has 0 aliphatic rings. The predicted octanol–water partition coefficient (Wildman–Crippen LogP) is 2.00. The van der Waals surface area contributed by atoms with Crippen LogP contribution >= 0.6 is 12.4 Å². The molecule has 0 fully saturated rings. The quantitative estimate of drug-likeness (QED) is 0.871. The first-order chi connectivity index (χ1) is 6.92. The Morgan fingerprint density at radius 3 is 2.50 bits per heavy atom. The topological polar surface area (TPSA) is 55.5 Å². The van der Waals surface area contributed by atoms with Crippen LogP contribution in [0.3, 0.4) is 0 Å². The van der Waals surface area contributed by atoms with Crippen molar-refractivity contribution >= 4 is 12.4 Å². The van der Waals surface area contributed by atoms with Gasteiger partial charge in [-0.25, -0.2) is 0 Å². The summed E-state index contributed by atoms with van der Waals surface area (Å²) in [6, 6.07) is 4.51. The van der Waals surface area contributed by atoms with Gasteiger partial charge in [0.05, 0.1) is 12.6 Å². The zero-order chi connectivity index (χ0) is 11.5. The largest absolute Gasteiger partial charge is 0.573 e. The lowest BCUT2D eigenvalue weighted by Gasteiger charge is -2.12. The molecule has 0 bridgehead atoms. The smallest absolute Gasteiger partial charge is 0.406 e. The van der Waals surface area contributed by atoms with Crippen molar-refractivity contribution in [1.82, 2.24) is 0 Å². The van der Waals surface area contributed by atoms with Crippen LogP contribution < -0.4 is 10.5 Å². The van der Waals surface area contributed by atoms with Crippen LogP contribution in [0, 0.1) is 0 Å². The monoisotopic (exact) mass is 257 g/mol. The number of hydrogen-bond acceptors (Lipinski definition) is 3. The van der Waals surface area contributed by atoms with E-state index in [0.29, 0.717) is 5.56 Å². The maximum atomic E-state index is 11.9. The summed E-state index contributed by atoms with van der Waals surface area (Å²) in [7, 11) is 0. The minimum atomic E-state index is -4.72. The number of aliphatic hydroxyl groups excluding tert-OH is 1. The molecule has 0 aliphatic heterocycles. The van der Waals surface area contributed by atoms with Gasteiger partial charge in [-0.1, -0.05) is 12.1 Å². The molecule has 0 saturated heterocycles. The molecule has 0 heterocycles. The summed E-state index contributed by atoms with van der Waals surface area (Å²) in [6.45, 7) is -0.338. The van der Waals surface area contributed by atoms with Crippen molar-refractivity contribution in [2.45, 2.75) is 12.4 Å². The molecule has 1 aromatic rings. The first-order valence-electron chi connectivity index (χ1n) is 4.14. The number of hydrogen-bond donors (Lipinski definition) is 2. The van der Waals surface area contributed by atoms with Gasteiger partial charge in [-0.2, -0.15) is 0 Å². The van der Waals surface area contributed by atoms with Crippen LogP contribution in [0.4, 0.5) is 13.2 Å². The Kier molecular flexibility index (Phi) is 5.57. The summed E-state index contributed by atoms with van der Waals surface area (Å²) in [5, 5.41) is 8.72. The molecule has 3 nitrogen and oxygen atoms in total. The Labute approximate surface area is 96.4 Å². The molecule has 7 heteroatoms. The molecular weight excluding hydrogens is 247 g/mol. The van der Waals surface area contributed by atoms with E-state index < -0.39 is 12.4 Å². The Hall–Kier alpha value is -0.980. The van der Waals surface area contributed by atoms with Gasteiger partial charge in [-0.05, 0) is 17.7 Å². The molecule has 0 radical (unpaired) electrons. The lowest BCUT2D eigenvalue weighted by atomic mass is 10.1. The summed E-state index contributed by atoms with van der Waals surface area (Å²) >= 11 is 0. The van der Waals surface area contributed by atoms with Crippen molar-refractivity contribution < 1.29 is 23.0 Å². The summed E-state index contributed by atoms with van der Waals surface area (Å²) in [5.74, 6) is -0.344. The van der Waals surface area contributed by atoms with Crippen LogP contribution in [0.5, 0.6) is 5.75 Å². The molecule has 1 aromatic carbocycles. The van der Waals surface area contributed by atoms with Crippen molar-refractivity contribution in [2.24, 2.45) is 5.73 Å². The van der Waals surface area contributed by atoms with E-state index in [4.69, 9.17) is 10.8 Å². The van der Waals surface area contributed by atoms with Gasteiger partial charge in [0.15, 0.2) is 0 Å². The van der Waals surface area contributed by atoms with Crippen LogP contribution in [0.15, 0.2) is 24.3 Å². The zero-order valence-electron chi connectivity index (χ0n) is 8.07. The van der Waals surface area contributed by atoms with Gasteiger partial charge in [0.2, 0.25) is 0 Å². The highest BCUT2D eigenvalue weighted by atomic mass is 35.5. The molecule has 3 N–H and O–H groups in total. The number of alkyl halides is 3. The fourth-order valence-corrected chi connectivity index (χ4v) is 1.05. The molecule has 0 spiro atoms. The highest BCUT2D eigenvalue weighted by Crippen LogP contribution is 2.24. The molecule has 1 atom stereocenters. The van der Waals surface area contributed by atoms with Crippen molar-refractivity contribution in [2.75, 3.05) is 6.61 Å². The van der Waals surface area contributed by atoms with Crippen molar-refractivity contribution in [1.29, 1.82) is 0 Å². The molecule has 1 rings (SSSR count). The lowest BCUT2D eigenvalue weighted by molar-refractivity contribution is -0.274.